The third kappa shape index (κ3) is 5.45. The molecule has 0 spiro atoms. The number of aromatic nitrogens is 1. The van der Waals surface area contributed by atoms with Gasteiger partial charge in [0.05, 0.1) is 15.5 Å². The quantitative estimate of drug-likeness (QED) is 0.607. The minimum atomic E-state index is -0.196. The number of amides is 2. The number of aryl methyl sites for hydroxylation is 1. The van der Waals surface area contributed by atoms with Crippen LogP contribution in [0.5, 0.6) is 5.75 Å². The van der Waals surface area contributed by atoms with Gasteiger partial charge in [-0.05, 0) is 74.8 Å². The maximum Gasteiger partial charge on any atom is 0.264 e. The molecule has 3 fully saturated rings. The molecule has 2 aliphatic heterocycles. The van der Waals surface area contributed by atoms with Gasteiger partial charge in [-0.1, -0.05) is 11.3 Å². The first-order valence-corrected chi connectivity index (χ1v) is 12.6. The lowest BCUT2D eigenvalue weighted by Gasteiger charge is -2.14. The maximum absolute atomic E-state index is 12.4. The summed E-state index contributed by atoms with van der Waals surface area (Å²) in [4.78, 5) is 36.8. The van der Waals surface area contributed by atoms with E-state index in [0.717, 1.165) is 54.2 Å². The summed E-state index contributed by atoms with van der Waals surface area (Å²) >= 11 is 2.64. The first-order valence-electron chi connectivity index (χ1n) is 10.9. The number of anilines is 1. The molecule has 3 heterocycles. The summed E-state index contributed by atoms with van der Waals surface area (Å²) in [5.74, 6) is 0.793. The van der Waals surface area contributed by atoms with Gasteiger partial charge in [-0.15, -0.1) is 0 Å². The van der Waals surface area contributed by atoms with Crippen molar-refractivity contribution in [2.24, 2.45) is 10.9 Å². The fraction of sp³-hybridized carbons (Fsp3) is 0.391. The van der Waals surface area contributed by atoms with Gasteiger partial charge in [-0.2, -0.15) is 0 Å². The Balaban J connectivity index is 1.24. The molecular formula is C23H25N5O3S2. The molecule has 1 unspecified atom stereocenters. The average Bonchev–Trinajstić information content (AvgIpc) is 3.28. The lowest BCUT2D eigenvalue weighted by Crippen LogP contribution is -2.21. The monoisotopic (exact) mass is 483 g/mol. The van der Waals surface area contributed by atoms with E-state index in [4.69, 9.17) is 4.74 Å². The minimum Gasteiger partial charge on any atom is -0.489 e. The van der Waals surface area contributed by atoms with Crippen molar-refractivity contribution in [1.29, 1.82) is 0 Å². The molecule has 3 aliphatic rings. The van der Waals surface area contributed by atoms with Gasteiger partial charge in [-0.25, -0.2) is 9.98 Å². The Bertz CT molecular complexity index is 1150. The maximum atomic E-state index is 12.4. The summed E-state index contributed by atoms with van der Waals surface area (Å²) in [6.07, 6.45) is 6.58. The van der Waals surface area contributed by atoms with Crippen molar-refractivity contribution in [3.8, 4) is 5.75 Å². The zero-order chi connectivity index (χ0) is 22.9. The van der Waals surface area contributed by atoms with E-state index in [1.54, 1.807) is 12.3 Å². The van der Waals surface area contributed by atoms with E-state index in [-0.39, 0.29) is 23.8 Å². The second-order valence-electron chi connectivity index (χ2n) is 8.55. The van der Waals surface area contributed by atoms with Crippen LogP contribution in [0.15, 0.2) is 34.3 Å². The Labute approximate surface area is 200 Å². The number of nitrogens with zero attached hydrogens (tertiary/aromatic N) is 3. The molecule has 10 heteroatoms. The van der Waals surface area contributed by atoms with E-state index in [0.29, 0.717) is 15.2 Å². The number of thioether (sulfide) groups is 1. The predicted octanol–water partition coefficient (Wildman–Crippen LogP) is 3.77. The second-order valence-corrected chi connectivity index (χ2v) is 10.6. The van der Waals surface area contributed by atoms with Crippen LogP contribution in [0.1, 0.15) is 29.7 Å². The van der Waals surface area contributed by atoms with Crippen LogP contribution in [0.3, 0.4) is 0 Å². The number of hydrogen-bond acceptors (Lipinski definition) is 8. The number of likely N-dealkylation sites (N-methyl/N-ethyl adjacent to an activating group) is 1. The zero-order valence-electron chi connectivity index (χ0n) is 18.5. The number of thiazole rings is 1. The number of ether oxygens (including phenoxy) is 1. The average molecular weight is 484 g/mol. The van der Waals surface area contributed by atoms with Gasteiger partial charge in [0.1, 0.15) is 11.9 Å². The number of rotatable bonds is 6. The Hall–Kier alpha value is -2.69. The normalized spacial score (nSPS) is 23.3. The molecule has 33 heavy (non-hydrogen) atoms. The van der Waals surface area contributed by atoms with Crippen LogP contribution >= 0.6 is 23.1 Å². The number of carbonyl (C=O) groups excluding carboxylic acids is 2. The largest absolute Gasteiger partial charge is 0.489 e. The zero-order valence-corrected chi connectivity index (χ0v) is 20.1. The molecule has 2 N–H and O–H groups in total. The van der Waals surface area contributed by atoms with Crippen molar-refractivity contribution in [2.75, 3.05) is 25.5 Å². The van der Waals surface area contributed by atoms with Gasteiger partial charge in [-0.3, -0.25) is 9.59 Å². The minimum absolute atomic E-state index is 0.0216. The Morgan fingerprint density at radius 1 is 1.36 bits per heavy atom. The van der Waals surface area contributed by atoms with Gasteiger partial charge >= 0.3 is 0 Å². The van der Waals surface area contributed by atoms with Gasteiger partial charge in [0.25, 0.3) is 5.91 Å². The summed E-state index contributed by atoms with van der Waals surface area (Å²) in [5.41, 5.74) is 1.77. The van der Waals surface area contributed by atoms with Crippen LogP contribution in [-0.4, -0.2) is 53.1 Å². The number of carbonyl (C=O) groups is 2. The molecular weight excluding hydrogens is 458 g/mol. The summed E-state index contributed by atoms with van der Waals surface area (Å²) in [6.45, 7) is 3.98. The van der Waals surface area contributed by atoms with Gasteiger partial charge in [0.15, 0.2) is 10.3 Å². The van der Waals surface area contributed by atoms with Crippen molar-refractivity contribution >= 4 is 57.0 Å². The van der Waals surface area contributed by atoms with E-state index in [2.05, 4.69) is 32.6 Å². The molecule has 8 nitrogen and oxygen atoms in total. The van der Waals surface area contributed by atoms with Gasteiger partial charge in [0, 0.05) is 25.2 Å². The van der Waals surface area contributed by atoms with E-state index < -0.39 is 0 Å². The molecule has 1 atom stereocenters. The Morgan fingerprint density at radius 3 is 2.94 bits per heavy atom. The SMILES string of the molecule is Cc1cc(OC2CCN(C)C2)ccc1N=C1NC(=O)C(=Cc2cnc(NC(=O)C3CC3)s2)S1. The lowest BCUT2D eigenvalue weighted by molar-refractivity contribution is -0.117. The van der Waals surface area contributed by atoms with Crippen LogP contribution in [0.2, 0.25) is 0 Å². The Morgan fingerprint density at radius 2 is 2.21 bits per heavy atom. The molecule has 0 bridgehead atoms. The number of benzene rings is 1. The topological polar surface area (TPSA) is 95.9 Å². The fourth-order valence-electron chi connectivity index (χ4n) is 3.69. The number of amidine groups is 1. The first kappa shape index (κ1) is 22.1. The molecule has 172 valence electrons. The predicted molar refractivity (Wildman–Crippen MR) is 132 cm³/mol. The highest BCUT2D eigenvalue weighted by Gasteiger charge is 2.30. The van der Waals surface area contributed by atoms with Crippen molar-refractivity contribution in [3.63, 3.8) is 0 Å². The van der Waals surface area contributed by atoms with E-state index in [1.807, 2.05) is 25.1 Å². The highest BCUT2D eigenvalue weighted by atomic mass is 32.2. The fourth-order valence-corrected chi connectivity index (χ4v) is 5.36. The number of nitrogens with one attached hydrogen (secondary N) is 2. The highest BCUT2D eigenvalue weighted by Crippen LogP contribution is 2.33. The number of hydrogen-bond donors (Lipinski definition) is 2. The summed E-state index contributed by atoms with van der Waals surface area (Å²) in [7, 11) is 2.10. The van der Waals surface area contributed by atoms with Gasteiger partial charge < -0.3 is 20.3 Å². The van der Waals surface area contributed by atoms with E-state index in [1.165, 1.54) is 23.1 Å². The smallest absolute Gasteiger partial charge is 0.264 e. The molecule has 1 aliphatic carbocycles. The van der Waals surface area contributed by atoms with E-state index in [9.17, 15) is 9.59 Å². The third-order valence-corrected chi connectivity index (χ3v) is 7.44. The van der Waals surface area contributed by atoms with Gasteiger partial charge in [0.2, 0.25) is 5.91 Å². The van der Waals surface area contributed by atoms with Crippen molar-refractivity contribution in [2.45, 2.75) is 32.3 Å². The molecule has 1 aromatic carbocycles. The lowest BCUT2D eigenvalue weighted by atomic mass is 10.2. The highest BCUT2D eigenvalue weighted by molar-refractivity contribution is 8.18. The third-order valence-electron chi connectivity index (χ3n) is 5.67. The van der Waals surface area contributed by atoms with Crippen LogP contribution < -0.4 is 15.4 Å². The number of likely N-dealkylation sites (tertiary alicyclic amines) is 1. The van der Waals surface area contributed by atoms with Crippen LogP contribution in [0.25, 0.3) is 6.08 Å². The van der Waals surface area contributed by atoms with E-state index >= 15 is 0 Å². The summed E-state index contributed by atoms with van der Waals surface area (Å²) in [5, 5.41) is 6.74. The van der Waals surface area contributed by atoms with Crippen LogP contribution in [0.4, 0.5) is 10.8 Å². The molecule has 1 saturated carbocycles. The van der Waals surface area contributed by atoms with Crippen molar-refractivity contribution in [3.05, 3.63) is 39.7 Å². The van der Waals surface area contributed by atoms with Crippen LogP contribution in [-0.2, 0) is 9.59 Å². The molecule has 2 aromatic rings. The second kappa shape index (κ2) is 9.28. The molecule has 1 aromatic heterocycles. The van der Waals surface area contributed by atoms with Crippen molar-refractivity contribution in [1.82, 2.24) is 15.2 Å². The summed E-state index contributed by atoms with van der Waals surface area (Å²) in [6, 6.07) is 5.84. The molecule has 2 saturated heterocycles. The summed E-state index contributed by atoms with van der Waals surface area (Å²) < 4.78 is 6.09. The molecule has 0 radical (unpaired) electrons. The molecule has 5 rings (SSSR count). The van der Waals surface area contributed by atoms with Crippen LogP contribution in [0, 0.1) is 12.8 Å². The standard InChI is InChI=1S/C23H25N5O3S2/c1-13-9-15(31-16-7-8-28(2)12-16)5-6-18(13)25-23-27-21(30)19(33-23)10-17-11-24-22(32-17)26-20(29)14-3-4-14/h5-6,9-11,14,16H,3-4,7-8,12H2,1-2H3,(H,24,26,29)(H,25,27,30). The van der Waals surface area contributed by atoms with Crippen molar-refractivity contribution < 1.29 is 14.3 Å². The molecule has 2 amide bonds. The Kier molecular flexibility index (Phi) is 6.22. The number of aliphatic imine (C=N–C) groups is 1. The first-order chi connectivity index (χ1) is 15.9.